The largest absolute Gasteiger partial charge is 0.449 e. The van der Waals surface area contributed by atoms with E-state index in [4.69, 9.17) is 0 Å². The van der Waals surface area contributed by atoms with Crippen LogP contribution in [0.4, 0.5) is 22.0 Å². The molecule has 0 aliphatic carbocycles. The van der Waals surface area contributed by atoms with Crippen LogP contribution in [-0.4, -0.2) is 9.97 Å². The molecule has 8 heteroatoms. The predicted octanol–water partition coefficient (Wildman–Crippen LogP) is 4.10. The molecule has 0 radical (unpaired) electrons. The van der Waals surface area contributed by atoms with Gasteiger partial charge in [0.25, 0.3) is 0 Å². The zero-order valence-electron chi connectivity index (χ0n) is 9.05. The van der Waals surface area contributed by atoms with E-state index in [2.05, 4.69) is 17.2 Å². The fourth-order valence-corrected chi connectivity index (χ4v) is 1.65. The molecule has 2 aromatic rings. The van der Waals surface area contributed by atoms with Crippen molar-refractivity contribution in [2.45, 2.75) is 6.18 Å². The second-order valence-corrected chi connectivity index (χ2v) is 4.02. The Balaban J connectivity index is 2.66. The Labute approximate surface area is 108 Å². The quantitative estimate of drug-likeness (QED) is 0.633. The summed E-state index contributed by atoms with van der Waals surface area (Å²) in [6.45, 7) is 0. The van der Waals surface area contributed by atoms with Gasteiger partial charge in [0, 0.05) is 5.56 Å². The number of aromatic nitrogens is 2. The summed E-state index contributed by atoms with van der Waals surface area (Å²) in [7, 11) is 0. The first-order valence-electron chi connectivity index (χ1n) is 4.91. The number of aromatic amines is 1. The van der Waals surface area contributed by atoms with E-state index in [0.29, 0.717) is 0 Å². The van der Waals surface area contributed by atoms with E-state index in [1.165, 1.54) is 0 Å². The van der Waals surface area contributed by atoms with Crippen LogP contribution < -0.4 is 0 Å². The van der Waals surface area contributed by atoms with Gasteiger partial charge in [0.05, 0.1) is 5.69 Å². The minimum absolute atomic E-state index is 0.288. The molecule has 2 rings (SSSR count). The maximum absolute atomic E-state index is 13.5. The molecule has 100 valence electrons. The van der Waals surface area contributed by atoms with Crippen LogP contribution in [0, 0.1) is 16.3 Å². The standard InChI is InChI=1S/C11H5F5N2S/c12-5-1-2-7(13)6(3-5)8-4-9(19)18-10(17-8)11(14,15)16/h1-4H,(H,17,18,19). The molecule has 0 spiro atoms. The van der Waals surface area contributed by atoms with Crippen LogP contribution >= 0.6 is 12.2 Å². The number of alkyl halides is 3. The summed E-state index contributed by atoms with van der Waals surface area (Å²) in [6.07, 6.45) is -4.76. The molecule has 0 fully saturated rings. The van der Waals surface area contributed by atoms with Gasteiger partial charge in [0.1, 0.15) is 16.3 Å². The van der Waals surface area contributed by atoms with Gasteiger partial charge in [-0.15, -0.1) is 0 Å². The van der Waals surface area contributed by atoms with Gasteiger partial charge in [-0.2, -0.15) is 13.2 Å². The Morgan fingerprint density at radius 2 is 1.79 bits per heavy atom. The monoisotopic (exact) mass is 292 g/mol. The number of hydrogen-bond donors (Lipinski definition) is 1. The van der Waals surface area contributed by atoms with Crippen molar-refractivity contribution < 1.29 is 22.0 Å². The third kappa shape index (κ3) is 2.95. The summed E-state index contributed by atoms with van der Waals surface area (Å²) in [6, 6.07) is 3.48. The Morgan fingerprint density at radius 1 is 1.11 bits per heavy atom. The summed E-state index contributed by atoms with van der Waals surface area (Å²) in [4.78, 5) is 5.00. The molecule has 0 unspecified atom stereocenters. The first-order valence-corrected chi connectivity index (χ1v) is 5.32. The molecule has 1 heterocycles. The van der Waals surface area contributed by atoms with Crippen LogP contribution in [-0.2, 0) is 6.18 Å². The smallest absolute Gasteiger partial charge is 0.335 e. The molecule has 2 nitrogen and oxygen atoms in total. The molecular formula is C11H5F5N2S. The average molecular weight is 292 g/mol. The molecular weight excluding hydrogens is 287 g/mol. The number of nitrogens with one attached hydrogen (secondary N) is 1. The Morgan fingerprint density at radius 3 is 2.42 bits per heavy atom. The normalized spacial score (nSPS) is 11.6. The molecule has 0 saturated carbocycles. The third-order valence-corrected chi connectivity index (χ3v) is 2.44. The van der Waals surface area contributed by atoms with Crippen molar-refractivity contribution >= 4 is 12.2 Å². The zero-order valence-corrected chi connectivity index (χ0v) is 9.87. The lowest BCUT2D eigenvalue weighted by Gasteiger charge is -2.09. The summed E-state index contributed by atoms with van der Waals surface area (Å²) in [5, 5.41) is 0. The van der Waals surface area contributed by atoms with Gasteiger partial charge < -0.3 is 4.98 Å². The summed E-state index contributed by atoms with van der Waals surface area (Å²) < 4.78 is 63.8. The van der Waals surface area contributed by atoms with Crippen molar-refractivity contribution in [2.24, 2.45) is 0 Å². The average Bonchev–Trinajstić information content (AvgIpc) is 2.30. The second-order valence-electron chi connectivity index (χ2n) is 3.60. The second kappa shape index (κ2) is 4.69. The van der Waals surface area contributed by atoms with Gasteiger partial charge in [-0.1, -0.05) is 12.2 Å². The third-order valence-electron chi connectivity index (χ3n) is 2.23. The zero-order chi connectivity index (χ0) is 14.2. The van der Waals surface area contributed by atoms with Gasteiger partial charge >= 0.3 is 6.18 Å². The van der Waals surface area contributed by atoms with E-state index < -0.39 is 23.6 Å². The highest BCUT2D eigenvalue weighted by Crippen LogP contribution is 2.29. The molecule has 0 saturated heterocycles. The molecule has 0 aliphatic rings. The Bertz CT molecular complexity index is 678. The van der Waals surface area contributed by atoms with Crippen LogP contribution in [0.2, 0.25) is 0 Å². The van der Waals surface area contributed by atoms with Gasteiger partial charge in [0.2, 0.25) is 5.82 Å². The SMILES string of the molecule is Fc1ccc(F)c(-c2cc(=S)nc(C(F)(F)F)[nH]2)c1. The van der Waals surface area contributed by atoms with E-state index in [1.807, 2.05) is 4.98 Å². The number of H-pyrrole nitrogens is 1. The highest BCUT2D eigenvalue weighted by molar-refractivity contribution is 7.71. The highest BCUT2D eigenvalue weighted by Gasteiger charge is 2.34. The minimum Gasteiger partial charge on any atom is -0.335 e. The van der Waals surface area contributed by atoms with E-state index in [9.17, 15) is 22.0 Å². The van der Waals surface area contributed by atoms with Crippen molar-refractivity contribution in [3.63, 3.8) is 0 Å². The Hall–Kier alpha value is -1.83. The van der Waals surface area contributed by atoms with Crippen LogP contribution in [0.5, 0.6) is 0 Å². The van der Waals surface area contributed by atoms with Gasteiger partial charge in [0.15, 0.2) is 0 Å². The fraction of sp³-hybridized carbons (Fsp3) is 0.0909. The number of nitrogens with zero attached hydrogens (tertiary/aromatic N) is 1. The first kappa shape index (κ1) is 13.6. The molecule has 0 aliphatic heterocycles. The van der Waals surface area contributed by atoms with Gasteiger partial charge in [-0.3, -0.25) is 0 Å². The molecule has 1 aromatic heterocycles. The fourth-order valence-electron chi connectivity index (χ4n) is 1.44. The number of rotatable bonds is 1. The number of hydrogen-bond acceptors (Lipinski definition) is 2. The van der Waals surface area contributed by atoms with E-state index >= 15 is 0 Å². The topological polar surface area (TPSA) is 28.7 Å². The molecule has 0 bridgehead atoms. The van der Waals surface area contributed by atoms with Crippen LogP contribution in [0.15, 0.2) is 24.3 Å². The van der Waals surface area contributed by atoms with Gasteiger partial charge in [-0.05, 0) is 24.3 Å². The maximum Gasteiger partial charge on any atom is 0.449 e. The molecule has 1 aromatic carbocycles. The predicted molar refractivity (Wildman–Crippen MR) is 59.8 cm³/mol. The lowest BCUT2D eigenvalue weighted by Crippen LogP contribution is -2.11. The van der Waals surface area contributed by atoms with Crippen molar-refractivity contribution in [1.29, 1.82) is 0 Å². The summed E-state index contributed by atoms with van der Waals surface area (Å²) in [5.74, 6) is -3.01. The van der Waals surface area contributed by atoms with Crippen LogP contribution in [0.1, 0.15) is 5.82 Å². The van der Waals surface area contributed by atoms with Gasteiger partial charge in [-0.25, -0.2) is 13.8 Å². The summed E-state index contributed by atoms with van der Waals surface area (Å²) in [5.41, 5.74) is -0.636. The molecule has 1 N–H and O–H groups in total. The number of benzene rings is 1. The van der Waals surface area contributed by atoms with Crippen LogP contribution in [0.25, 0.3) is 11.3 Å². The minimum atomic E-state index is -4.76. The van der Waals surface area contributed by atoms with Crippen molar-refractivity contribution in [2.75, 3.05) is 0 Å². The highest BCUT2D eigenvalue weighted by atomic mass is 32.1. The lowest BCUT2D eigenvalue weighted by atomic mass is 10.1. The number of halogens is 5. The van der Waals surface area contributed by atoms with E-state index in [1.54, 1.807) is 0 Å². The Kier molecular flexibility index (Phi) is 3.36. The summed E-state index contributed by atoms with van der Waals surface area (Å²) >= 11 is 4.58. The van der Waals surface area contributed by atoms with Crippen LogP contribution in [0.3, 0.4) is 0 Å². The molecule has 19 heavy (non-hydrogen) atoms. The molecule has 0 atom stereocenters. The van der Waals surface area contributed by atoms with Crippen molar-refractivity contribution in [3.8, 4) is 11.3 Å². The lowest BCUT2D eigenvalue weighted by molar-refractivity contribution is -0.145. The van der Waals surface area contributed by atoms with E-state index in [-0.39, 0.29) is 15.9 Å². The van der Waals surface area contributed by atoms with Crippen molar-refractivity contribution in [1.82, 2.24) is 9.97 Å². The maximum atomic E-state index is 13.5. The van der Waals surface area contributed by atoms with Crippen molar-refractivity contribution in [3.05, 3.63) is 46.4 Å². The first-order chi connectivity index (χ1) is 8.77. The van der Waals surface area contributed by atoms with E-state index in [0.717, 1.165) is 24.3 Å². The molecule has 0 amide bonds.